The molecule has 0 radical (unpaired) electrons. The highest BCUT2D eigenvalue weighted by Gasteiger charge is 2.25. The van der Waals surface area contributed by atoms with E-state index >= 15 is 0 Å². The molecule has 10 heteroatoms. The van der Waals surface area contributed by atoms with Crippen LogP contribution in [0.1, 0.15) is 21.8 Å². The minimum absolute atomic E-state index is 0.0411. The van der Waals surface area contributed by atoms with Gasteiger partial charge in [-0.25, -0.2) is 13.2 Å². The van der Waals surface area contributed by atoms with Gasteiger partial charge in [0, 0.05) is 17.6 Å². The first-order chi connectivity index (χ1) is 13.7. The quantitative estimate of drug-likeness (QED) is 0.547. The Hall–Kier alpha value is -2.75. The number of halogens is 1. The summed E-state index contributed by atoms with van der Waals surface area (Å²) < 4.78 is 36.7. The van der Waals surface area contributed by atoms with Crippen LogP contribution in [0.2, 0.25) is 5.02 Å². The van der Waals surface area contributed by atoms with Crippen molar-refractivity contribution in [2.45, 2.75) is 18.4 Å². The summed E-state index contributed by atoms with van der Waals surface area (Å²) in [6.45, 7) is 1.56. The van der Waals surface area contributed by atoms with Gasteiger partial charge in [-0.15, -0.1) is 0 Å². The predicted molar refractivity (Wildman–Crippen MR) is 106 cm³/mol. The van der Waals surface area contributed by atoms with Gasteiger partial charge < -0.3 is 9.26 Å². The number of esters is 1. The van der Waals surface area contributed by atoms with Gasteiger partial charge in [-0.1, -0.05) is 35.0 Å². The molecule has 0 spiro atoms. The molecule has 1 heterocycles. The van der Waals surface area contributed by atoms with Crippen LogP contribution in [0, 0.1) is 6.92 Å². The maximum Gasteiger partial charge on any atom is 0.338 e. The fourth-order valence-corrected chi connectivity index (χ4v) is 3.95. The van der Waals surface area contributed by atoms with Crippen LogP contribution in [0.25, 0.3) is 11.4 Å². The molecule has 0 amide bonds. The number of carbonyl (C=O) groups excluding carboxylic acids is 1. The molecule has 0 bridgehead atoms. The summed E-state index contributed by atoms with van der Waals surface area (Å²) in [5, 5.41) is 4.39. The zero-order valence-electron chi connectivity index (χ0n) is 15.9. The minimum Gasteiger partial charge on any atom is -0.465 e. The number of nitrogens with zero attached hydrogens (tertiary/aromatic N) is 3. The third-order valence-electron chi connectivity index (χ3n) is 4.23. The van der Waals surface area contributed by atoms with E-state index in [1.807, 2.05) is 0 Å². The van der Waals surface area contributed by atoms with E-state index in [0.29, 0.717) is 22.0 Å². The molecule has 0 N–H and O–H groups in total. The average molecular weight is 436 g/mol. The van der Waals surface area contributed by atoms with E-state index < -0.39 is 16.0 Å². The van der Waals surface area contributed by atoms with E-state index in [4.69, 9.17) is 20.9 Å². The molecule has 0 fully saturated rings. The van der Waals surface area contributed by atoms with Crippen molar-refractivity contribution < 1.29 is 22.5 Å². The van der Waals surface area contributed by atoms with Crippen molar-refractivity contribution in [3.8, 4) is 11.4 Å². The largest absolute Gasteiger partial charge is 0.465 e. The van der Waals surface area contributed by atoms with Gasteiger partial charge in [0.1, 0.15) is 0 Å². The molecule has 3 rings (SSSR count). The summed E-state index contributed by atoms with van der Waals surface area (Å²) in [7, 11) is -1.28. The molecule has 0 aliphatic heterocycles. The van der Waals surface area contributed by atoms with Crippen LogP contribution in [0.5, 0.6) is 0 Å². The molecule has 0 atom stereocenters. The lowest BCUT2D eigenvalue weighted by Crippen LogP contribution is -2.27. The smallest absolute Gasteiger partial charge is 0.338 e. The van der Waals surface area contributed by atoms with Crippen LogP contribution < -0.4 is 0 Å². The first-order valence-electron chi connectivity index (χ1n) is 8.46. The molecule has 0 aliphatic rings. The number of rotatable bonds is 6. The number of ether oxygens (including phenoxy) is 1. The number of hydrogen-bond donors (Lipinski definition) is 0. The van der Waals surface area contributed by atoms with Crippen molar-refractivity contribution in [1.82, 2.24) is 14.4 Å². The minimum atomic E-state index is -3.90. The maximum absolute atomic E-state index is 12.9. The highest BCUT2D eigenvalue weighted by atomic mass is 35.5. The Morgan fingerprint density at radius 3 is 2.69 bits per heavy atom. The van der Waals surface area contributed by atoms with Gasteiger partial charge in [0.05, 0.1) is 24.1 Å². The lowest BCUT2D eigenvalue weighted by Gasteiger charge is -2.16. The first kappa shape index (κ1) is 21.0. The molecule has 8 nitrogen and oxygen atoms in total. The highest BCUT2D eigenvalue weighted by molar-refractivity contribution is 7.89. The van der Waals surface area contributed by atoms with Gasteiger partial charge in [-0.05, 0) is 36.8 Å². The molecule has 3 aromatic rings. The summed E-state index contributed by atoms with van der Waals surface area (Å²) in [5.74, 6) is -0.187. The van der Waals surface area contributed by atoms with Crippen molar-refractivity contribution in [3.05, 3.63) is 64.5 Å². The Kier molecular flexibility index (Phi) is 6.02. The summed E-state index contributed by atoms with van der Waals surface area (Å²) >= 11 is 5.96. The number of aromatic nitrogens is 2. The number of carbonyl (C=O) groups is 1. The Morgan fingerprint density at radius 1 is 1.24 bits per heavy atom. The Bertz CT molecular complexity index is 1160. The van der Waals surface area contributed by atoms with E-state index in [9.17, 15) is 13.2 Å². The highest BCUT2D eigenvalue weighted by Crippen LogP contribution is 2.23. The van der Waals surface area contributed by atoms with E-state index in [1.165, 1.54) is 26.3 Å². The molecule has 29 heavy (non-hydrogen) atoms. The van der Waals surface area contributed by atoms with Gasteiger partial charge >= 0.3 is 5.97 Å². The summed E-state index contributed by atoms with van der Waals surface area (Å²) in [6, 6.07) is 11.2. The SMILES string of the molecule is COC(=O)c1cc(S(=O)(=O)N(C)Cc2nc(-c3cccc(Cl)c3)no2)ccc1C. The molecular weight excluding hydrogens is 418 g/mol. The predicted octanol–water partition coefficient (Wildman–Crippen LogP) is 3.31. The van der Waals surface area contributed by atoms with Crippen LogP contribution in [0.4, 0.5) is 0 Å². The average Bonchev–Trinajstić information content (AvgIpc) is 3.16. The molecule has 0 saturated carbocycles. The third kappa shape index (κ3) is 4.47. The van der Waals surface area contributed by atoms with Crippen LogP contribution in [0.3, 0.4) is 0 Å². The normalized spacial score (nSPS) is 11.6. The van der Waals surface area contributed by atoms with E-state index in [-0.39, 0.29) is 22.9 Å². The van der Waals surface area contributed by atoms with E-state index in [2.05, 4.69) is 10.1 Å². The van der Waals surface area contributed by atoms with Crippen LogP contribution in [0.15, 0.2) is 51.9 Å². The summed E-state index contributed by atoms with van der Waals surface area (Å²) in [5.41, 5.74) is 1.45. The molecule has 0 unspecified atom stereocenters. The van der Waals surface area contributed by atoms with Crippen molar-refractivity contribution in [2.75, 3.05) is 14.2 Å². The molecule has 0 aliphatic carbocycles. The first-order valence-corrected chi connectivity index (χ1v) is 10.3. The van der Waals surface area contributed by atoms with E-state index in [1.54, 1.807) is 37.3 Å². The number of hydrogen-bond acceptors (Lipinski definition) is 7. The zero-order valence-corrected chi connectivity index (χ0v) is 17.5. The van der Waals surface area contributed by atoms with E-state index in [0.717, 1.165) is 4.31 Å². The van der Waals surface area contributed by atoms with Crippen LogP contribution in [-0.4, -0.2) is 43.0 Å². The summed E-state index contributed by atoms with van der Waals surface area (Å²) in [6.07, 6.45) is 0. The standard InChI is InChI=1S/C19H18ClN3O5S/c1-12-7-8-15(10-16(12)19(24)27-3)29(25,26)23(2)11-17-21-18(22-28-17)13-5-4-6-14(20)9-13/h4-10H,11H2,1-3H3. The van der Waals surface area contributed by atoms with Gasteiger partial charge in [0.25, 0.3) is 0 Å². The Labute approximate surface area is 173 Å². The second kappa shape index (κ2) is 8.32. The van der Waals surface area contributed by atoms with Crippen molar-refractivity contribution in [2.24, 2.45) is 0 Å². The topological polar surface area (TPSA) is 103 Å². The number of sulfonamides is 1. The number of aryl methyl sites for hydroxylation is 1. The molecule has 2 aromatic carbocycles. The number of benzene rings is 2. The number of methoxy groups -OCH3 is 1. The monoisotopic (exact) mass is 435 g/mol. The fraction of sp³-hybridized carbons (Fsp3) is 0.211. The van der Waals surface area contributed by atoms with Gasteiger partial charge in [0.2, 0.25) is 21.7 Å². The van der Waals surface area contributed by atoms with Gasteiger partial charge in [-0.3, -0.25) is 0 Å². The summed E-state index contributed by atoms with van der Waals surface area (Å²) in [4.78, 5) is 16.0. The van der Waals surface area contributed by atoms with Crippen molar-refractivity contribution >= 4 is 27.6 Å². The molecule has 152 valence electrons. The second-order valence-electron chi connectivity index (χ2n) is 6.25. The van der Waals surface area contributed by atoms with Gasteiger partial charge in [0.15, 0.2) is 0 Å². The molecular formula is C19H18ClN3O5S. The van der Waals surface area contributed by atoms with Crippen molar-refractivity contribution in [3.63, 3.8) is 0 Å². The molecule has 0 saturated heterocycles. The maximum atomic E-state index is 12.9. The van der Waals surface area contributed by atoms with Crippen LogP contribution in [-0.2, 0) is 21.3 Å². The van der Waals surface area contributed by atoms with Gasteiger partial charge in [-0.2, -0.15) is 9.29 Å². The van der Waals surface area contributed by atoms with Crippen molar-refractivity contribution in [1.29, 1.82) is 0 Å². The fourth-order valence-electron chi connectivity index (χ4n) is 2.61. The Morgan fingerprint density at radius 2 is 2.00 bits per heavy atom. The van der Waals surface area contributed by atoms with Crippen LogP contribution >= 0.6 is 11.6 Å². The second-order valence-corrected chi connectivity index (χ2v) is 8.73. The Balaban J connectivity index is 1.83. The lowest BCUT2D eigenvalue weighted by molar-refractivity contribution is 0.0599. The molecule has 1 aromatic heterocycles. The third-order valence-corrected chi connectivity index (χ3v) is 6.27. The lowest BCUT2D eigenvalue weighted by atomic mass is 10.1. The zero-order chi connectivity index (χ0) is 21.2.